The molecule has 0 spiro atoms. The van der Waals surface area contributed by atoms with Crippen molar-refractivity contribution in [3.8, 4) is 0 Å². The van der Waals surface area contributed by atoms with E-state index in [1.165, 1.54) is 0 Å². The Balaban J connectivity index is 1.71. The number of rotatable bonds is 2. The zero-order valence-electron chi connectivity index (χ0n) is 12.7. The molecule has 0 radical (unpaired) electrons. The molecule has 0 N–H and O–H groups in total. The fourth-order valence-corrected chi connectivity index (χ4v) is 2.39. The lowest BCUT2D eigenvalue weighted by molar-refractivity contribution is -0.159. The molecule has 2 aliphatic rings. The lowest BCUT2D eigenvalue weighted by Gasteiger charge is -2.34. The van der Waals surface area contributed by atoms with Crippen LogP contribution in [0.3, 0.4) is 0 Å². The predicted octanol–water partition coefficient (Wildman–Crippen LogP) is 2.73. The predicted molar refractivity (Wildman–Crippen MR) is 74.3 cm³/mol. The molecule has 1 saturated carbocycles. The van der Waals surface area contributed by atoms with E-state index in [0.717, 1.165) is 19.3 Å². The Hall–Kier alpha value is -1.26. The van der Waals surface area contributed by atoms with Gasteiger partial charge in [-0.3, -0.25) is 4.79 Å². The molecule has 20 heavy (non-hydrogen) atoms. The molecule has 5 nitrogen and oxygen atoms in total. The topological polar surface area (TPSA) is 55.8 Å². The highest BCUT2D eigenvalue weighted by Gasteiger charge is 2.32. The molecule has 1 amide bonds. The van der Waals surface area contributed by atoms with Gasteiger partial charge < -0.3 is 14.4 Å². The van der Waals surface area contributed by atoms with Gasteiger partial charge in [0.05, 0.1) is 5.92 Å². The third kappa shape index (κ3) is 4.12. The van der Waals surface area contributed by atoms with Crippen LogP contribution in [0, 0.1) is 5.92 Å². The highest BCUT2D eigenvalue weighted by Crippen LogP contribution is 2.29. The van der Waals surface area contributed by atoms with Crippen LogP contribution < -0.4 is 0 Å². The molecule has 0 bridgehead atoms. The second-order valence-electron chi connectivity index (χ2n) is 6.73. The highest BCUT2D eigenvalue weighted by atomic mass is 16.6. The smallest absolute Gasteiger partial charge is 0.410 e. The molecule has 1 aliphatic carbocycles. The summed E-state index contributed by atoms with van der Waals surface area (Å²) in [5.41, 5.74) is -0.468. The molecular formula is C15H25NO4. The van der Waals surface area contributed by atoms with Crippen molar-refractivity contribution >= 4 is 12.1 Å². The number of ether oxygens (including phenoxy) is 2. The summed E-state index contributed by atoms with van der Waals surface area (Å²) in [6.07, 6.45) is 4.17. The summed E-state index contributed by atoms with van der Waals surface area (Å²) in [7, 11) is 0. The van der Waals surface area contributed by atoms with Crippen molar-refractivity contribution in [1.82, 2.24) is 4.90 Å². The van der Waals surface area contributed by atoms with E-state index in [1.807, 2.05) is 20.8 Å². The number of hydrogen-bond donors (Lipinski definition) is 0. The molecule has 2 fully saturated rings. The molecule has 5 heteroatoms. The van der Waals surface area contributed by atoms with Gasteiger partial charge in [0.15, 0.2) is 0 Å². The van der Waals surface area contributed by atoms with Gasteiger partial charge in [-0.25, -0.2) is 4.79 Å². The monoisotopic (exact) mass is 283 g/mol. The number of hydrogen-bond acceptors (Lipinski definition) is 4. The van der Waals surface area contributed by atoms with Crippen LogP contribution in [0.5, 0.6) is 0 Å². The Morgan fingerprint density at radius 3 is 2.10 bits per heavy atom. The molecule has 0 unspecified atom stereocenters. The average Bonchev–Trinajstić information content (AvgIpc) is 2.24. The summed E-state index contributed by atoms with van der Waals surface area (Å²) >= 11 is 0. The molecule has 114 valence electrons. The van der Waals surface area contributed by atoms with Gasteiger partial charge in [-0.15, -0.1) is 0 Å². The van der Waals surface area contributed by atoms with Gasteiger partial charge in [0.25, 0.3) is 0 Å². The number of piperidine rings is 1. The summed E-state index contributed by atoms with van der Waals surface area (Å²) in [5, 5.41) is 0. The zero-order chi connectivity index (χ0) is 14.8. The Morgan fingerprint density at radius 2 is 1.65 bits per heavy atom. The first kappa shape index (κ1) is 15.1. The number of esters is 1. The number of amides is 1. The van der Waals surface area contributed by atoms with Gasteiger partial charge in [0.2, 0.25) is 0 Å². The third-order valence-electron chi connectivity index (χ3n) is 3.82. The van der Waals surface area contributed by atoms with Gasteiger partial charge in [-0.2, -0.15) is 0 Å². The molecule has 0 atom stereocenters. The van der Waals surface area contributed by atoms with Gasteiger partial charge >= 0.3 is 12.1 Å². The van der Waals surface area contributed by atoms with E-state index >= 15 is 0 Å². The van der Waals surface area contributed by atoms with Crippen LogP contribution in [-0.4, -0.2) is 41.8 Å². The van der Waals surface area contributed by atoms with Crippen LogP contribution in [0.25, 0.3) is 0 Å². The van der Waals surface area contributed by atoms with Crippen molar-refractivity contribution in [2.24, 2.45) is 5.92 Å². The standard InChI is InChI=1S/C15H25NO4/c1-15(2,3)20-14(18)16-9-7-12(8-10-16)19-13(17)11-5-4-6-11/h11-12H,4-10H2,1-3H3. The maximum absolute atomic E-state index is 11.9. The maximum Gasteiger partial charge on any atom is 0.410 e. The van der Waals surface area contributed by atoms with Crippen LogP contribution in [0.2, 0.25) is 0 Å². The van der Waals surface area contributed by atoms with Crippen LogP contribution in [0.15, 0.2) is 0 Å². The Kier molecular flexibility index (Phi) is 4.55. The highest BCUT2D eigenvalue weighted by molar-refractivity contribution is 5.73. The van der Waals surface area contributed by atoms with Gasteiger partial charge in [0, 0.05) is 25.9 Å². The zero-order valence-corrected chi connectivity index (χ0v) is 12.7. The van der Waals surface area contributed by atoms with E-state index in [4.69, 9.17) is 9.47 Å². The number of carbonyl (C=O) groups excluding carboxylic acids is 2. The molecule has 1 saturated heterocycles. The lowest BCUT2D eigenvalue weighted by Crippen LogP contribution is -2.44. The number of likely N-dealkylation sites (tertiary alicyclic amines) is 1. The van der Waals surface area contributed by atoms with Crippen molar-refractivity contribution < 1.29 is 19.1 Å². The summed E-state index contributed by atoms with van der Waals surface area (Å²) < 4.78 is 10.8. The van der Waals surface area contributed by atoms with E-state index in [2.05, 4.69) is 0 Å². The maximum atomic E-state index is 11.9. The van der Waals surface area contributed by atoms with Gasteiger partial charge in [-0.1, -0.05) is 6.42 Å². The summed E-state index contributed by atoms with van der Waals surface area (Å²) in [6.45, 7) is 6.77. The fourth-order valence-electron chi connectivity index (χ4n) is 2.39. The Morgan fingerprint density at radius 1 is 1.05 bits per heavy atom. The largest absolute Gasteiger partial charge is 0.462 e. The number of nitrogens with zero attached hydrogens (tertiary/aromatic N) is 1. The Labute approximate surface area is 120 Å². The minimum absolute atomic E-state index is 0.0400. The summed E-state index contributed by atoms with van der Waals surface area (Å²) in [6, 6.07) is 0. The minimum atomic E-state index is -0.468. The van der Waals surface area contributed by atoms with Crippen LogP contribution >= 0.6 is 0 Å². The first-order valence-electron chi connectivity index (χ1n) is 7.53. The first-order chi connectivity index (χ1) is 9.35. The number of carbonyl (C=O) groups is 2. The first-order valence-corrected chi connectivity index (χ1v) is 7.53. The van der Waals surface area contributed by atoms with Gasteiger partial charge in [-0.05, 0) is 33.6 Å². The molecular weight excluding hydrogens is 258 g/mol. The SMILES string of the molecule is CC(C)(C)OC(=O)N1CCC(OC(=O)C2CCC2)CC1. The third-order valence-corrected chi connectivity index (χ3v) is 3.82. The second-order valence-corrected chi connectivity index (χ2v) is 6.73. The van der Waals surface area contributed by atoms with Crippen molar-refractivity contribution in [2.45, 2.75) is 64.6 Å². The molecule has 1 heterocycles. The van der Waals surface area contributed by atoms with Crippen molar-refractivity contribution in [3.05, 3.63) is 0 Å². The average molecular weight is 283 g/mol. The summed E-state index contributed by atoms with van der Waals surface area (Å²) in [4.78, 5) is 25.4. The van der Waals surface area contributed by atoms with Crippen molar-refractivity contribution in [1.29, 1.82) is 0 Å². The normalized spacial score (nSPS) is 21.2. The van der Waals surface area contributed by atoms with Crippen molar-refractivity contribution in [3.63, 3.8) is 0 Å². The quantitative estimate of drug-likeness (QED) is 0.731. The molecule has 0 aromatic heterocycles. The molecule has 0 aromatic rings. The summed E-state index contributed by atoms with van der Waals surface area (Å²) in [5.74, 6) is 0.0749. The van der Waals surface area contributed by atoms with Crippen LogP contribution in [-0.2, 0) is 14.3 Å². The van der Waals surface area contributed by atoms with Crippen molar-refractivity contribution in [2.75, 3.05) is 13.1 Å². The van der Waals surface area contributed by atoms with Crippen LogP contribution in [0.1, 0.15) is 52.9 Å². The van der Waals surface area contributed by atoms with E-state index < -0.39 is 5.60 Å². The fraction of sp³-hybridized carbons (Fsp3) is 0.867. The van der Waals surface area contributed by atoms with E-state index in [-0.39, 0.29) is 24.1 Å². The van der Waals surface area contributed by atoms with Crippen LogP contribution in [0.4, 0.5) is 4.79 Å². The second kappa shape index (κ2) is 6.02. The molecule has 2 rings (SSSR count). The minimum Gasteiger partial charge on any atom is -0.462 e. The van der Waals surface area contributed by atoms with E-state index in [1.54, 1.807) is 4.90 Å². The van der Waals surface area contributed by atoms with Gasteiger partial charge in [0.1, 0.15) is 11.7 Å². The molecule has 0 aromatic carbocycles. The van der Waals surface area contributed by atoms with E-state index in [0.29, 0.717) is 25.9 Å². The Bertz CT molecular complexity index is 363. The molecule has 1 aliphatic heterocycles. The lowest BCUT2D eigenvalue weighted by atomic mass is 9.85. The van der Waals surface area contributed by atoms with E-state index in [9.17, 15) is 9.59 Å².